The first-order valence-electron chi connectivity index (χ1n) is 27.0. The van der Waals surface area contributed by atoms with E-state index in [-0.39, 0.29) is 57.2 Å². The summed E-state index contributed by atoms with van der Waals surface area (Å²) in [4.78, 5) is 99.6. The van der Waals surface area contributed by atoms with Crippen molar-refractivity contribution in [3.8, 4) is 11.1 Å². The Balaban J connectivity index is 1.08. The maximum Gasteiger partial charge on any atom is 0.410 e. The number of alkyl carbamates (subject to hydrolysis) is 1. The number of likely N-dealkylation sites (N-methyl/N-ethyl adjacent to an activating group) is 1. The number of hydrogen-bond donors (Lipinski definition) is 3. The van der Waals surface area contributed by atoms with Crippen LogP contribution >= 0.6 is 0 Å². The van der Waals surface area contributed by atoms with Crippen molar-refractivity contribution >= 4 is 52.6 Å². The van der Waals surface area contributed by atoms with Gasteiger partial charge in [0.1, 0.15) is 47.7 Å². The van der Waals surface area contributed by atoms with Crippen molar-refractivity contribution < 1.29 is 57.2 Å². The Bertz CT molecular complexity index is 3020. The Kier molecular flexibility index (Phi) is 18.7. The van der Waals surface area contributed by atoms with E-state index in [1.807, 2.05) is 78.9 Å². The lowest BCUT2D eigenvalue weighted by molar-refractivity contribution is -0.159. The maximum atomic E-state index is 15.0. The number of methoxy groups -OCH3 is 1. The first-order chi connectivity index (χ1) is 37.7. The minimum absolute atomic E-state index is 0.00898. The van der Waals surface area contributed by atoms with Gasteiger partial charge in [0, 0.05) is 32.5 Å². The van der Waals surface area contributed by atoms with E-state index in [1.54, 1.807) is 62.3 Å². The van der Waals surface area contributed by atoms with Crippen molar-refractivity contribution in [3.63, 3.8) is 0 Å². The third kappa shape index (κ3) is 14.9. The summed E-state index contributed by atoms with van der Waals surface area (Å²) in [5.41, 5.74) is 2.74. The van der Waals surface area contributed by atoms with Gasteiger partial charge in [-0.15, -0.1) is 5.10 Å². The van der Waals surface area contributed by atoms with Crippen molar-refractivity contribution in [2.45, 2.75) is 149 Å². The van der Waals surface area contributed by atoms with Gasteiger partial charge in [0.05, 0.1) is 26.0 Å². The molecule has 7 rings (SSSR count). The SMILES string of the molecule is COC(=O)[C@H](Cc1ccc2ccccc2c1)NC(=O)[C@@H]1[C@@H](OCc2cn([C@@H](CCNC(=O)OCC3c4ccccc4-c4ccccc43)C(=O)OC(C)(C)C)nn2)CCN1C(=O)[C@@H](NC(=O)[C@H](C)N(C)C(=O)OC(C)(C)C)C(C)(C)C. The van der Waals surface area contributed by atoms with Crippen LogP contribution in [0, 0.1) is 5.41 Å². The summed E-state index contributed by atoms with van der Waals surface area (Å²) in [6, 6.07) is 23.7. The highest BCUT2D eigenvalue weighted by atomic mass is 16.6. The second-order valence-corrected chi connectivity index (χ2v) is 23.4. The van der Waals surface area contributed by atoms with Crippen LogP contribution in [0.1, 0.15) is 116 Å². The summed E-state index contributed by atoms with van der Waals surface area (Å²) in [7, 11) is 2.65. The van der Waals surface area contributed by atoms with E-state index in [1.165, 1.54) is 36.9 Å². The largest absolute Gasteiger partial charge is 0.467 e. The fourth-order valence-electron chi connectivity index (χ4n) is 9.85. The average Bonchev–Trinajstić information content (AvgIpc) is 4.32. The lowest BCUT2D eigenvalue weighted by Crippen LogP contribution is -2.62. The normalized spacial score (nSPS) is 16.8. The van der Waals surface area contributed by atoms with Crippen LogP contribution in [-0.2, 0) is 60.7 Å². The second-order valence-electron chi connectivity index (χ2n) is 23.4. The highest BCUT2D eigenvalue weighted by Crippen LogP contribution is 2.44. The highest BCUT2D eigenvalue weighted by Gasteiger charge is 2.48. The number of nitrogens with one attached hydrogen (secondary N) is 3. The molecule has 1 saturated heterocycles. The predicted octanol–water partition coefficient (Wildman–Crippen LogP) is 7.42. The second kappa shape index (κ2) is 25.1. The van der Waals surface area contributed by atoms with Gasteiger partial charge in [0.2, 0.25) is 17.7 Å². The number of nitrogens with zero attached hydrogens (tertiary/aromatic N) is 5. The van der Waals surface area contributed by atoms with Gasteiger partial charge in [-0.1, -0.05) is 117 Å². The minimum Gasteiger partial charge on any atom is -0.467 e. The molecule has 80 heavy (non-hydrogen) atoms. The molecule has 428 valence electrons. The summed E-state index contributed by atoms with van der Waals surface area (Å²) in [6.45, 7) is 17.0. The zero-order chi connectivity index (χ0) is 58.3. The molecule has 20 heteroatoms. The molecule has 5 amide bonds. The van der Waals surface area contributed by atoms with E-state index in [0.29, 0.717) is 0 Å². The number of likely N-dealkylation sites (tertiary alicyclic amines) is 1. The van der Waals surface area contributed by atoms with E-state index >= 15 is 0 Å². The molecule has 4 aromatic carbocycles. The van der Waals surface area contributed by atoms with Gasteiger partial charge < -0.3 is 44.5 Å². The quantitative estimate of drug-likeness (QED) is 0.0539. The van der Waals surface area contributed by atoms with Crippen molar-refractivity contribution in [2.75, 3.05) is 33.9 Å². The summed E-state index contributed by atoms with van der Waals surface area (Å²) < 4.78 is 30.0. The lowest BCUT2D eigenvalue weighted by Gasteiger charge is -2.37. The van der Waals surface area contributed by atoms with Gasteiger partial charge in [-0.3, -0.25) is 19.3 Å². The van der Waals surface area contributed by atoms with Crippen LogP contribution in [0.3, 0.4) is 0 Å². The summed E-state index contributed by atoms with van der Waals surface area (Å²) >= 11 is 0. The fourth-order valence-corrected chi connectivity index (χ4v) is 9.85. The number of carbonyl (C=O) groups is 7. The summed E-state index contributed by atoms with van der Waals surface area (Å²) in [5.74, 6) is -3.44. The zero-order valence-electron chi connectivity index (χ0n) is 47.9. The van der Waals surface area contributed by atoms with Gasteiger partial charge in [-0.2, -0.15) is 0 Å². The van der Waals surface area contributed by atoms with Gasteiger partial charge in [0.15, 0.2) is 6.04 Å². The molecular formula is C60H76N8O12. The van der Waals surface area contributed by atoms with Gasteiger partial charge in [-0.25, -0.2) is 23.9 Å². The number of ether oxygens (including phenoxy) is 5. The number of esters is 2. The zero-order valence-corrected chi connectivity index (χ0v) is 47.9. The molecule has 0 spiro atoms. The smallest absolute Gasteiger partial charge is 0.410 e. The molecule has 20 nitrogen and oxygen atoms in total. The first kappa shape index (κ1) is 59.8. The number of rotatable bonds is 19. The lowest BCUT2D eigenvalue weighted by atomic mass is 9.85. The summed E-state index contributed by atoms with van der Waals surface area (Å²) in [5, 5.41) is 19.0. The molecule has 2 aliphatic rings. The Labute approximate surface area is 467 Å². The monoisotopic (exact) mass is 1100 g/mol. The third-order valence-corrected chi connectivity index (χ3v) is 14.0. The van der Waals surface area contributed by atoms with Crippen LogP contribution in [-0.4, -0.2) is 142 Å². The van der Waals surface area contributed by atoms with Crippen LogP contribution in [0.4, 0.5) is 9.59 Å². The maximum absolute atomic E-state index is 15.0. The van der Waals surface area contributed by atoms with Crippen LogP contribution < -0.4 is 16.0 Å². The molecule has 0 unspecified atom stereocenters. The molecule has 6 atom stereocenters. The molecule has 0 bridgehead atoms. The predicted molar refractivity (Wildman–Crippen MR) is 298 cm³/mol. The van der Waals surface area contributed by atoms with E-state index in [2.05, 4.69) is 38.4 Å². The number of hydrogen-bond acceptors (Lipinski definition) is 14. The number of aromatic nitrogens is 3. The van der Waals surface area contributed by atoms with E-state index < -0.39 is 94.8 Å². The molecule has 3 N–H and O–H groups in total. The van der Waals surface area contributed by atoms with Crippen molar-refractivity contribution in [3.05, 3.63) is 120 Å². The van der Waals surface area contributed by atoms with E-state index in [4.69, 9.17) is 23.7 Å². The van der Waals surface area contributed by atoms with Gasteiger partial charge in [-0.05, 0) is 105 Å². The average molecular weight is 1100 g/mol. The minimum atomic E-state index is -1.34. The van der Waals surface area contributed by atoms with Crippen LogP contribution in [0.2, 0.25) is 0 Å². The van der Waals surface area contributed by atoms with Gasteiger partial charge in [0.25, 0.3) is 0 Å². The molecule has 1 fully saturated rings. The Hall–Kier alpha value is -7.87. The van der Waals surface area contributed by atoms with Crippen molar-refractivity contribution in [2.24, 2.45) is 5.41 Å². The highest BCUT2D eigenvalue weighted by molar-refractivity contribution is 5.96. The van der Waals surface area contributed by atoms with E-state index in [9.17, 15) is 33.6 Å². The number of fused-ring (bicyclic) bond motifs is 4. The molecule has 0 radical (unpaired) electrons. The molecule has 0 saturated carbocycles. The number of benzene rings is 4. The Morgan fingerprint density at radius 2 is 1.40 bits per heavy atom. The van der Waals surface area contributed by atoms with Crippen LogP contribution in [0.15, 0.2) is 97.2 Å². The molecule has 2 heterocycles. The van der Waals surface area contributed by atoms with Crippen molar-refractivity contribution in [1.29, 1.82) is 0 Å². The number of carbonyl (C=O) groups excluding carboxylic acids is 7. The summed E-state index contributed by atoms with van der Waals surface area (Å²) in [6.07, 6.45) is -0.618. The van der Waals surface area contributed by atoms with Gasteiger partial charge >= 0.3 is 24.1 Å². The molecule has 1 aliphatic heterocycles. The first-order valence-corrected chi connectivity index (χ1v) is 27.0. The molecule has 1 aromatic heterocycles. The molecular weight excluding hydrogens is 1020 g/mol. The molecule has 5 aromatic rings. The third-order valence-electron chi connectivity index (χ3n) is 14.0. The molecule has 1 aliphatic carbocycles. The van der Waals surface area contributed by atoms with E-state index in [0.717, 1.165) is 43.5 Å². The number of amides is 5. The van der Waals surface area contributed by atoms with Crippen LogP contribution in [0.5, 0.6) is 0 Å². The Morgan fingerprint density at radius 3 is 2.02 bits per heavy atom. The van der Waals surface area contributed by atoms with Crippen molar-refractivity contribution in [1.82, 2.24) is 40.7 Å². The standard InChI is InChI=1S/C60H76N8O12/c1-36(66(11)57(75)80-60(8,9)10)51(69)63-50(58(2,3)4)53(71)67-30-28-48(49(67)52(70)62-46(54(72)76-12)32-37-25-26-38-19-13-14-20-39(38)31-37)77-34-40-33-68(65-64-40)47(55(73)79-59(5,6)7)27-29-61-56(74)78-35-45-43-23-17-15-21-41(43)42-22-16-18-24-44(42)45/h13-26,31,33,36,45-50H,27-30,32,34-35H2,1-12H3,(H,61,74)(H,62,70)(H,63,69)/t36-,46-,47-,48-,49-,50+/m0/s1. The topological polar surface area (TPSA) is 239 Å². The Morgan fingerprint density at radius 1 is 0.775 bits per heavy atom. The fraction of sp³-hybridized carbons (Fsp3) is 0.483. The van der Waals surface area contributed by atoms with Crippen LogP contribution in [0.25, 0.3) is 21.9 Å².